The lowest BCUT2D eigenvalue weighted by atomic mass is 9.96. The Balaban J connectivity index is 2.70. The van der Waals surface area contributed by atoms with Gasteiger partial charge in [0.1, 0.15) is 5.56 Å². The molecule has 13 heteroatoms. The predicted octanol–water partition coefficient (Wildman–Crippen LogP) is 3.64. The van der Waals surface area contributed by atoms with Crippen LogP contribution in [0.3, 0.4) is 0 Å². The molecule has 0 amide bonds. The van der Waals surface area contributed by atoms with Gasteiger partial charge in [0.2, 0.25) is 11.5 Å². The van der Waals surface area contributed by atoms with Crippen molar-refractivity contribution in [2.75, 3.05) is 35.5 Å². The average Bonchev–Trinajstić information content (AvgIpc) is 2.78. The molecule has 9 nitrogen and oxygen atoms in total. The van der Waals surface area contributed by atoms with Gasteiger partial charge in [0.05, 0.1) is 35.5 Å². The number of rotatable bonds is 9. The highest BCUT2D eigenvalue weighted by atomic mass is 32.2. The zero-order chi connectivity index (χ0) is 25.8. The van der Waals surface area contributed by atoms with Crippen molar-refractivity contribution in [1.29, 1.82) is 0 Å². The molecule has 2 aromatic carbocycles. The van der Waals surface area contributed by atoms with E-state index in [1.165, 1.54) is 34.5 Å². The summed E-state index contributed by atoms with van der Waals surface area (Å²) < 4.78 is 92.3. The van der Waals surface area contributed by atoms with E-state index in [1.807, 2.05) is 0 Å². The molecule has 188 valence electrons. The minimum Gasteiger partial charge on any atom is -0.492 e. The third-order valence-electron chi connectivity index (χ3n) is 4.82. The number of benzene rings is 2. The summed E-state index contributed by atoms with van der Waals surface area (Å²) in [5.41, 5.74) is -4.84. The van der Waals surface area contributed by atoms with Gasteiger partial charge in [-0.25, -0.2) is 4.79 Å². The molecular formula is C21H23F3O9S. The number of halogens is 3. The molecule has 0 fully saturated rings. The Morgan fingerprint density at radius 3 is 1.88 bits per heavy atom. The summed E-state index contributed by atoms with van der Waals surface area (Å²) in [7, 11) is 0.545. The largest absolute Gasteiger partial charge is 0.534 e. The Morgan fingerprint density at radius 1 is 0.882 bits per heavy atom. The van der Waals surface area contributed by atoms with Gasteiger partial charge in [-0.3, -0.25) is 0 Å². The molecule has 0 atom stereocenters. The fourth-order valence-corrected chi connectivity index (χ4v) is 3.73. The second kappa shape index (κ2) is 10.3. The Bertz CT molecular complexity index is 1180. The first-order valence-corrected chi connectivity index (χ1v) is 10.8. The molecule has 0 unspecified atom stereocenters. The van der Waals surface area contributed by atoms with Crippen LogP contribution in [0.5, 0.6) is 28.7 Å². The quantitative estimate of drug-likeness (QED) is 0.285. The van der Waals surface area contributed by atoms with Crippen molar-refractivity contribution in [3.8, 4) is 28.7 Å². The molecule has 0 saturated carbocycles. The van der Waals surface area contributed by atoms with Crippen molar-refractivity contribution in [3.05, 3.63) is 40.5 Å². The lowest BCUT2D eigenvalue weighted by Gasteiger charge is -2.22. The fraction of sp³-hybridized carbons (Fsp3) is 0.381. The van der Waals surface area contributed by atoms with Crippen LogP contribution >= 0.6 is 0 Å². The van der Waals surface area contributed by atoms with Gasteiger partial charge in [-0.05, 0) is 24.6 Å². The number of carbonyl (C=O) groups excluding carboxylic acids is 1. The molecule has 2 aromatic rings. The Kier molecular flexibility index (Phi) is 8.14. The normalized spacial score (nSPS) is 11.6. The van der Waals surface area contributed by atoms with E-state index in [0.717, 1.165) is 19.2 Å². The standard InChI is InChI=1S/C21H23F3O9S/c1-11-14(17(29-3)19(31-5)18(30-4)16(11)28-2)9-12-7-8-13(20(25)32-6)15(10-12)33-34(26,27)21(22,23)24/h7-8,10H,9H2,1-6H3. The second-order valence-corrected chi connectivity index (χ2v) is 8.26. The van der Waals surface area contributed by atoms with Crippen molar-refractivity contribution in [2.45, 2.75) is 18.9 Å². The summed E-state index contributed by atoms with van der Waals surface area (Å²) in [6, 6.07) is 3.50. The van der Waals surface area contributed by atoms with E-state index in [2.05, 4.69) is 8.92 Å². The highest BCUT2D eigenvalue weighted by Gasteiger charge is 2.49. The number of alkyl halides is 3. The fourth-order valence-electron chi connectivity index (χ4n) is 3.26. The predicted molar refractivity (Wildman–Crippen MR) is 114 cm³/mol. The first kappa shape index (κ1) is 26.9. The molecular weight excluding hydrogens is 485 g/mol. The van der Waals surface area contributed by atoms with Crippen LogP contribution < -0.4 is 23.1 Å². The maximum absolute atomic E-state index is 12.9. The molecule has 0 aromatic heterocycles. The molecule has 0 aliphatic carbocycles. The van der Waals surface area contributed by atoms with Gasteiger partial charge in [0.15, 0.2) is 17.2 Å². The summed E-state index contributed by atoms with van der Waals surface area (Å²) in [5, 5.41) is 0. The van der Waals surface area contributed by atoms with E-state index in [9.17, 15) is 26.4 Å². The molecule has 0 saturated heterocycles. The van der Waals surface area contributed by atoms with Crippen molar-refractivity contribution < 1.29 is 54.3 Å². The maximum atomic E-state index is 12.9. The third-order valence-corrected chi connectivity index (χ3v) is 5.78. The van der Waals surface area contributed by atoms with Gasteiger partial charge < -0.3 is 27.9 Å². The first-order chi connectivity index (χ1) is 15.9. The van der Waals surface area contributed by atoms with Gasteiger partial charge in [-0.2, -0.15) is 21.6 Å². The summed E-state index contributed by atoms with van der Waals surface area (Å²) in [4.78, 5) is 12.0. The van der Waals surface area contributed by atoms with Crippen LogP contribution in [-0.2, 0) is 21.3 Å². The van der Waals surface area contributed by atoms with Gasteiger partial charge >= 0.3 is 21.6 Å². The van der Waals surface area contributed by atoms with Gasteiger partial charge in [-0.15, -0.1) is 0 Å². The van der Waals surface area contributed by atoms with Crippen molar-refractivity contribution in [1.82, 2.24) is 0 Å². The van der Waals surface area contributed by atoms with E-state index in [1.54, 1.807) is 6.92 Å². The van der Waals surface area contributed by atoms with Crippen LogP contribution in [0.2, 0.25) is 0 Å². The number of esters is 1. The highest BCUT2D eigenvalue weighted by Crippen LogP contribution is 2.50. The van der Waals surface area contributed by atoms with Crippen molar-refractivity contribution >= 4 is 16.1 Å². The molecule has 2 rings (SSSR count). The Labute approximate surface area is 194 Å². The summed E-state index contributed by atoms with van der Waals surface area (Å²) in [5.74, 6) is -0.849. The van der Waals surface area contributed by atoms with Gasteiger partial charge in [-0.1, -0.05) is 6.07 Å². The highest BCUT2D eigenvalue weighted by molar-refractivity contribution is 7.88. The Hall–Kier alpha value is -3.35. The van der Waals surface area contributed by atoms with Crippen molar-refractivity contribution in [3.63, 3.8) is 0 Å². The molecule has 0 radical (unpaired) electrons. The molecule has 0 aliphatic heterocycles. The minimum absolute atomic E-state index is 0.00952. The zero-order valence-corrected chi connectivity index (χ0v) is 20.0. The van der Waals surface area contributed by atoms with Crippen LogP contribution in [-0.4, -0.2) is 55.4 Å². The van der Waals surface area contributed by atoms with E-state index >= 15 is 0 Å². The number of ether oxygens (including phenoxy) is 5. The topological polar surface area (TPSA) is 107 Å². The van der Waals surface area contributed by atoms with Gasteiger partial charge in [0, 0.05) is 17.5 Å². The molecule has 0 bridgehead atoms. The number of hydrogen-bond acceptors (Lipinski definition) is 9. The smallest absolute Gasteiger partial charge is 0.492 e. The minimum atomic E-state index is -6.04. The van der Waals surface area contributed by atoms with Crippen LogP contribution in [0, 0.1) is 6.92 Å². The van der Waals surface area contributed by atoms with Crippen LogP contribution in [0.15, 0.2) is 18.2 Å². The molecule has 0 aliphatic rings. The third kappa shape index (κ3) is 5.08. The molecule has 0 N–H and O–H groups in total. The van der Waals surface area contributed by atoms with E-state index in [-0.39, 0.29) is 29.2 Å². The number of carbonyl (C=O) groups is 1. The zero-order valence-electron chi connectivity index (χ0n) is 19.2. The SMILES string of the molecule is COC(=O)c1ccc(Cc2c(C)c(OC)c(OC)c(OC)c2OC)cc1OS(=O)(=O)C(F)(F)F. The lowest BCUT2D eigenvalue weighted by Crippen LogP contribution is -2.28. The van der Waals surface area contributed by atoms with Crippen LogP contribution in [0.4, 0.5) is 13.2 Å². The average molecular weight is 508 g/mol. The van der Waals surface area contributed by atoms with Gasteiger partial charge in [0.25, 0.3) is 0 Å². The van der Waals surface area contributed by atoms with Crippen LogP contribution in [0.1, 0.15) is 27.0 Å². The maximum Gasteiger partial charge on any atom is 0.534 e. The van der Waals surface area contributed by atoms with Crippen LogP contribution in [0.25, 0.3) is 0 Å². The van der Waals surface area contributed by atoms with Crippen molar-refractivity contribution in [2.24, 2.45) is 0 Å². The number of methoxy groups -OCH3 is 5. The molecule has 0 spiro atoms. The summed E-state index contributed by atoms with van der Waals surface area (Å²) >= 11 is 0. The van der Waals surface area contributed by atoms with E-state index < -0.39 is 32.9 Å². The molecule has 0 heterocycles. The lowest BCUT2D eigenvalue weighted by molar-refractivity contribution is -0.0500. The van der Waals surface area contributed by atoms with E-state index in [0.29, 0.717) is 16.9 Å². The summed E-state index contributed by atoms with van der Waals surface area (Å²) in [6.45, 7) is 1.70. The monoisotopic (exact) mass is 508 g/mol. The first-order valence-electron chi connectivity index (χ1n) is 9.44. The van der Waals surface area contributed by atoms with E-state index in [4.69, 9.17) is 18.9 Å². The second-order valence-electron chi connectivity index (χ2n) is 6.72. The summed E-state index contributed by atoms with van der Waals surface area (Å²) in [6.07, 6.45) is 0.00952. The number of hydrogen-bond donors (Lipinski definition) is 0. The Morgan fingerprint density at radius 2 is 1.41 bits per heavy atom. The molecule has 34 heavy (non-hydrogen) atoms.